The summed E-state index contributed by atoms with van der Waals surface area (Å²) in [6.07, 6.45) is 0.601. The first kappa shape index (κ1) is 19.9. The SMILES string of the molecule is CC1CN(C(=O)CN(C)S(=O)(=O)c2ccc3c(c2)OCCCO3)CC(C)O1. The fourth-order valence-corrected chi connectivity index (χ4v) is 4.38. The number of rotatable bonds is 4. The highest BCUT2D eigenvalue weighted by atomic mass is 32.2. The Morgan fingerprint density at radius 3 is 2.44 bits per heavy atom. The molecule has 2 aliphatic heterocycles. The number of carbonyl (C=O) groups is 1. The van der Waals surface area contributed by atoms with Crippen LogP contribution in [0.2, 0.25) is 0 Å². The number of sulfonamides is 1. The minimum Gasteiger partial charge on any atom is -0.490 e. The predicted molar refractivity (Wildman–Crippen MR) is 98.5 cm³/mol. The van der Waals surface area contributed by atoms with E-state index in [0.717, 1.165) is 10.7 Å². The molecule has 0 spiro atoms. The van der Waals surface area contributed by atoms with E-state index in [2.05, 4.69) is 0 Å². The lowest BCUT2D eigenvalue weighted by Gasteiger charge is -2.36. The second kappa shape index (κ2) is 8.04. The van der Waals surface area contributed by atoms with Gasteiger partial charge in [-0.3, -0.25) is 4.79 Å². The number of benzene rings is 1. The van der Waals surface area contributed by atoms with Gasteiger partial charge in [0.2, 0.25) is 15.9 Å². The van der Waals surface area contributed by atoms with Gasteiger partial charge in [0.1, 0.15) is 0 Å². The second-order valence-corrected chi connectivity index (χ2v) is 9.02. The number of amides is 1. The smallest absolute Gasteiger partial charge is 0.243 e. The van der Waals surface area contributed by atoms with Crippen LogP contribution in [0.4, 0.5) is 0 Å². The molecule has 1 amide bonds. The van der Waals surface area contributed by atoms with Crippen LogP contribution in [-0.2, 0) is 19.6 Å². The van der Waals surface area contributed by atoms with Crippen molar-refractivity contribution in [2.45, 2.75) is 37.4 Å². The molecule has 1 fully saturated rings. The number of carbonyl (C=O) groups excluding carboxylic acids is 1. The van der Waals surface area contributed by atoms with Crippen LogP contribution in [0.3, 0.4) is 0 Å². The maximum atomic E-state index is 12.9. The van der Waals surface area contributed by atoms with Gasteiger partial charge in [0.25, 0.3) is 0 Å². The first-order valence-corrected chi connectivity index (χ1v) is 10.5. The van der Waals surface area contributed by atoms with E-state index in [1.807, 2.05) is 13.8 Å². The molecule has 2 heterocycles. The molecule has 3 rings (SSSR count). The summed E-state index contributed by atoms with van der Waals surface area (Å²) in [6, 6.07) is 4.52. The van der Waals surface area contributed by atoms with Crippen LogP contribution in [0.25, 0.3) is 0 Å². The van der Waals surface area contributed by atoms with E-state index in [9.17, 15) is 13.2 Å². The predicted octanol–water partition coefficient (Wildman–Crippen LogP) is 1.10. The monoisotopic (exact) mass is 398 g/mol. The quantitative estimate of drug-likeness (QED) is 0.755. The van der Waals surface area contributed by atoms with Crippen molar-refractivity contribution < 1.29 is 27.4 Å². The van der Waals surface area contributed by atoms with Crippen LogP contribution in [0.5, 0.6) is 11.5 Å². The van der Waals surface area contributed by atoms with Gasteiger partial charge < -0.3 is 19.1 Å². The van der Waals surface area contributed by atoms with Gasteiger partial charge in [-0.15, -0.1) is 0 Å². The fraction of sp³-hybridized carbons (Fsp3) is 0.611. The lowest BCUT2D eigenvalue weighted by atomic mass is 10.2. The van der Waals surface area contributed by atoms with E-state index in [4.69, 9.17) is 14.2 Å². The van der Waals surface area contributed by atoms with Gasteiger partial charge in [-0.1, -0.05) is 0 Å². The van der Waals surface area contributed by atoms with E-state index in [-0.39, 0.29) is 29.6 Å². The zero-order valence-corrected chi connectivity index (χ0v) is 16.7. The Bertz CT molecular complexity index is 787. The highest BCUT2D eigenvalue weighted by molar-refractivity contribution is 7.89. The van der Waals surface area contributed by atoms with Crippen LogP contribution in [0.15, 0.2) is 23.1 Å². The highest BCUT2D eigenvalue weighted by Crippen LogP contribution is 2.32. The summed E-state index contributed by atoms with van der Waals surface area (Å²) in [7, 11) is -2.42. The van der Waals surface area contributed by atoms with Gasteiger partial charge in [0.15, 0.2) is 11.5 Å². The summed E-state index contributed by atoms with van der Waals surface area (Å²) in [4.78, 5) is 14.3. The molecule has 0 aliphatic carbocycles. The standard InChI is InChI=1S/C18H26N2O6S/c1-13-10-20(11-14(2)26-13)18(21)12-19(3)27(22,23)15-5-6-16-17(9-15)25-8-4-7-24-16/h5-6,9,13-14H,4,7-8,10-12H2,1-3H3. The molecule has 0 saturated carbocycles. The van der Waals surface area contributed by atoms with Crippen LogP contribution < -0.4 is 9.47 Å². The van der Waals surface area contributed by atoms with Crippen LogP contribution in [0, 0.1) is 0 Å². The van der Waals surface area contributed by atoms with E-state index >= 15 is 0 Å². The molecular weight excluding hydrogens is 372 g/mol. The van der Waals surface area contributed by atoms with E-state index in [0.29, 0.717) is 37.8 Å². The lowest BCUT2D eigenvalue weighted by molar-refractivity contribution is -0.143. The molecule has 0 bridgehead atoms. The van der Waals surface area contributed by atoms with Crippen molar-refractivity contribution in [1.29, 1.82) is 0 Å². The van der Waals surface area contributed by atoms with Crippen LogP contribution in [-0.4, -0.2) is 75.6 Å². The summed E-state index contributed by atoms with van der Waals surface area (Å²) < 4.78 is 43.6. The van der Waals surface area contributed by atoms with Gasteiger partial charge in [-0.2, -0.15) is 4.31 Å². The zero-order chi connectivity index (χ0) is 19.6. The Kier molecular flexibility index (Phi) is 5.92. The number of morpholine rings is 1. The van der Waals surface area contributed by atoms with Crippen molar-refractivity contribution in [2.75, 3.05) is 39.9 Å². The van der Waals surface area contributed by atoms with Crippen LogP contribution >= 0.6 is 0 Å². The van der Waals surface area contributed by atoms with Gasteiger partial charge in [-0.25, -0.2) is 8.42 Å². The van der Waals surface area contributed by atoms with Crippen molar-refractivity contribution in [3.05, 3.63) is 18.2 Å². The van der Waals surface area contributed by atoms with E-state index < -0.39 is 10.0 Å². The molecule has 2 unspecified atom stereocenters. The molecule has 1 aromatic rings. The van der Waals surface area contributed by atoms with Gasteiger partial charge >= 0.3 is 0 Å². The first-order chi connectivity index (χ1) is 12.8. The Morgan fingerprint density at radius 1 is 1.15 bits per heavy atom. The molecule has 150 valence electrons. The maximum absolute atomic E-state index is 12.9. The molecular formula is C18H26N2O6S. The molecule has 9 heteroatoms. The average molecular weight is 398 g/mol. The average Bonchev–Trinajstić information content (AvgIpc) is 2.85. The third kappa shape index (κ3) is 4.53. The normalized spacial score (nSPS) is 23.2. The maximum Gasteiger partial charge on any atom is 0.243 e. The zero-order valence-electron chi connectivity index (χ0n) is 15.9. The molecule has 1 aromatic carbocycles. The molecule has 8 nitrogen and oxygen atoms in total. The topological polar surface area (TPSA) is 85.4 Å². The number of hydrogen-bond acceptors (Lipinski definition) is 6. The molecule has 2 aliphatic rings. The second-order valence-electron chi connectivity index (χ2n) is 6.98. The fourth-order valence-electron chi connectivity index (χ4n) is 3.24. The van der Waals surface area contributed by atoms with Gasteiger partial charge in [0.05, 0.1) is 36.9 Å². The summed E-state index contributed by atoms with van der Waals surface area (Å²) in [6.45, 7) is 5.49. The first-order valence-electron chi connectivity index (χ1n) is 9.06. The minimum absolute atomic E-state index is 0.0682. The summed E-state index contributed by atoms with van der Waals surface area (Å²) in [5.74, 6) is 0.697. The highest BCUT2D eigenvalue weighted by Gasteiger charge is 2.30. The summed E-state index contributed by atoms with van der Waals surface area (Å²) in [5, 5.41) is 0. The molecule has 0 radical (unpaired) electrons. The van der Waals surface area contributed by atoms with E-state index in [1.54, 1.807) is 11.0 Å². The molecule has 0 N–H and O–H groups in total. The Labute approximate surface area is 160 Å². The Balaban J connectivity index is 1.72. The number of nitrogens with zero attached hydrogens (tertiary/aromatic N) is 2. The third-order valence-corrected chi connectivity index (χ3v) is 6.36. The van der Waals surface area contributed by atoms with Gasteiger partial charge in [0, 0.05) is 32.6 Å². The van der Waals surface area contributed by atoms with Crippen molar-refractivity contribution >= 4 is 15.9 Å². The van der Waals surface area contributed by atoms with Crippen molar-refractivity contribution in [3.63, 3.8) is 0 Å². The number of fused-ring (bicyclic) bond motifs is 1. The Morgan fingerprint density at radius 2 is 1.78 bits per heavy atom. The molecule has 0 aromatic heterocycles. The number of hydrogen-bond donors (Lipinski definition) is 0. The number of likely N-dealkylation sites (N-methyl/N-ethyl adjacent to an activating group) is 1. The van der Waals surface area contributed by atoms with Crippen molar-refractivity contribution in [2.24, 2.45) is 0 Å². The lowest BCUT2D eigenvalue weighted by Crippen LogP contribution is -2.51. The number of ether oxygens (including phenoxy) is 3. The van der Waals surface area contributed by atoms with Gasteiger partial charge in [-0.05, 0) is 26.0 Å². The Hall–Kier alpha value is -1.84. The van der Waals surface area contributed by atoms with Crippen molar-refractivity contribution in [3.8, 4) is 11.5 Å². The summed E-state index contributed by atoms with van der Waals surface area (Å²) >= 11 is 0. The summed E-state index contributed by atoms with van der Waals surface area (Å²) in [5.41, 5.74) is 0. The molecule has 2 atom stereocenters. The molecule has 1 saturated heterocycles. The van der Waals surface area contributed by atoms with Crippen LogP contribution in [0.1, 0.15) is 20.3 Å². The largest absolute Gasteiger partial charge is 0.490 e. The minimum atomic E-state index is -3.83. The van der Waals surface area contributed by atoms with Crippen molar-refractivity contribution in [1.82, 2.24) is 9.21 Å². The van der Waals surface area contributed by atoms with E-state index in [1.165, 1.54) is 19.2 Å². The third-order valence-electron chi connectivity index (χ3n) is 4.56. The molecule has 27 heavy (non-hydrogen) atoms.